The molecule has 3 aromatic carbocycles. The summed E-state index contributed by atoms with van der Waals surface area (Å²) in [6.07, 6.45) is 1.61. The van der Waals surface area contributed by atoms with Gasteiger partial charge in [-0.2, -0.15) is 0 Å². The minimum atomic E-state index is -0.698. The molecular weight excluding hydrogens is 380 g/mol. The summed E-state index contributed by atoms with van der Waals surface area (Å²) >= 11 is 0. The van der Waals surface area contributed by atoms with Gasteiger partial charge in [0.15, 0.2) is 11.5 Å². The Morgan fingerprint density at radius 2 is 1.47 bits per heavy atom. The van der Waals surface area contributed by atoms with Gasteiger partial charge in [0.05, 0.1) is 5.41 Å². The van der Waals surface area contributed by atoms with Crippen molar-refractivity contribution in [1.29, 1.82) is 0 Å². The van der Waals surface area contributed by atoms with E-state index in [1.54, 1.807) is 12.1 Å². The molecule has 1 aliphatic carbocycles. The van der Waals surface area contributed by atoms with Crippen molar-refractivity contribution >= 4 is 17.5 Å². The molecule has 1 radical (unpaired) electrons. The fraction of sp³-hybridized carbons (Fsp3) is 0.167. The van der Waals surface area contributed by atoms with E-state index in [4.69, 9.17) is 15.2 Å². The molecule has 0 unspecified atom stereocenters. The summed E-state index contributed by atoms with van der Waals surface area (Å²) in [5.41, 5.74) is 10.6. The molecule has 1 aliphatic heterocycles. The van der Waals surface area contributed by atoms with Gasteiger partial charge in [-0.1, -0.05) is 30.3 Å². The molecule has 0 atom stereocenters. The Balaban J connectivity index is 1.31. The number of fused-ring (bicyclic) bond motifs is 1. The van der Waals surface area contributed by atoms with Crippen LogP contribution in [0.15, 0.2) is 66.7 Å². The van der Waals surface area contributed by atoms with Crippen LogP contribution in [0.25, 0.3) is 11.1 Å². The van der Waals surface area contributed by atoms with Gasteiger partial charge < -0.3 is 14.8 Å². The minimum Gasteiger partial charge on any atom is -0.454 e. The van der Waals surface area contributed by atoms with Crippen LogP contribution in [0.1, 0.15) is 28.8 Å². The van der Waals surface area contributed by atoms with Crippen LogP contribution >= 0.6 is 0 Å². The van der Waals surface area contributed by atoms with Crippen molar-refractivity contribution < 1.29 is 19.1 Å². The van der Waals surface area contributed by atoms with Crippen LogP contribution in [0.3, 0.4) is 0 Å². The van der Waals surface area contributed by atoms with Crippen LogP contribution in [-0.4, -0.2) is 18.6 Å². The Hall–Kier alpha value is -3.80. The van der Waals surface area contributed by atoms with E-state index in [2.05, 4.69) is 5.32 Å². The molecule has 1 fully saturated rings. The van der Waals surface area contributed by atoms with Crippen molar-refractivity contribution in [2.45, 2.75) is 18.3 Å². The lowest BCUT2D eigenvalue weighted by atomic mass is 9.94. The van der Waals surface area contributed by atoms with Crippen molar-refractivity contribution in [3.63, 3.8) is 0 Å². The van der Waals surface area contributed by atoms with E-state index in [0.717, 1.165) is 35.2 Å². The van der Waals surface area contributed by atoms with Gasteiger partial charge >= 0.3 is 0 Å². The third-order valence-corrected chi connectivity index (χ3v) is 5.73. The second kappa shape index (κ2) is 6.91. The van der Waals surface area contributed by atoms with E-state index >= 15 is 0 Å². The highest BCUT2D eigenvalue weighted by atomic mass is 16.7. The quantitative estimate of drug-likeness (QED) is 0.697. The molecule has 5 rings (SSSR count). The summed E-state index contributed by atoms with van der Waals surface area (Å²) in [4.78, 5) is 24.1. The number of anilines is 1. The van der Waals surface area contributed by atoms with E-state index in [0.29, 0.717) is 17.1 Å². The van der Waals surface area contributed by atoms with Crippen molar-refractivity contribution in [1.82, 2.24) is 5.73 Å². The smallest absolute Gasteiger partial charge is 0.269 e. The number of hydrogen-bond donors (Lipinski definition) is 1. The van der Waals surface area contributed by atoms with E-state index < -0.39 is 11.3 Å². The molecule has 1 saturated carbocycles. The molecule has 2 aliphatic rings. The lowest BCUT2D eigenvalue weighted by Gasteiger charge is -2.16. The Labute approximate surface area is 173 Å². The maximum Gasteiger partial charge on any atom is 0.269 e. The molecule has 3 aromatic rings. The van der Waals surface area contributed by atoms with Gasteiger partial charge in [-0.05, 0) is 65.9 Å². The summed E-state index contributed by atoms with van der Waals surface area (Å²) in [7, 11) is 0. The Bertz CT molecular complexity index is 1130. The van der Waals surface area contributed by atoms with Crippen molar-refractivity contribution in [3.8, 4) is 22.6 Å². The summed E-state index contributed by atoms with van der Waals surface area (Å²) < 4.78 is 10.8. The van der Waals surface area contributed by atoms with E-state index in [1.807, 2.05) is 54.6 Å². The second-order valence-electron chi connectivity index (χ2n) is 7.59. The first kappa shape index (κ1) is 18.2. The van der Waals surface area contributed by atoms with Crippen molar-refractivity contribution in [2.24, 2.45) is 0 Å². The number of hydrogen-bond acceptors (Lipinski definition) is 4. The molecular formula is C24H19N2O4. The first-order valence-corrected chi connectivity index (χ1v) is 9.73. The largest absolute Gasteiger partial charge is 0.454 e. The van der Waals surface area contributed by atoms with Crippen LogP contribution in [0, 0.1) is 0 Å². The maximum absolute atomic E-state index is 13.0. The van der Waals surface area contributed by atoms with Gasteiger partial charge in [-0.15, -0.1) is 0 Å². The van der Waals surface area contributed by atoms with Crippen LogP contribution in [0.4, 0.5) is 5.69 Å². The molecule has 0 bridgehead atoms. The van der Waals surface area contributed by atoms with E-state index in [1.165, 1.54) is 0 Å². The topological polar surface area (TPSA) is 88.4 Å². The molecule has 6 heteroatoms. The highest BCUT2D eigenvalue weighted by Gasteiger charge is 2.51. The van der Waals surface area contributed by atoms with Crippen LogP contribution < -0.4 is 20.5 Å². The van der Waals surface area contributed by atoms with Gasteiger partial charge in [-0.25, -0.2) is 0 Å². The van der Waals surface area contributed by atoms with Crippen LogP contribution in [0.5, 0.6) is 11.5 Å². The molecule has 2 N–H and O–H groups in total. The lowest BCUT2D eigenvalue weighted by molar-refractivity contribution is -0.118. The highest BCUT2D eigenvalue weighted by molar-refractivity contribution is 6.01. The number of ether oxygens (including phenoxy) is 2. The first-order chi connectivity index (χ1) is 14.5. The van der Waals surface area contributed by atoms with Crippen molar-refractivity contribution in [2.75, 3.05) is 12.1 Å². The summed E-state index contributed by atoms with van der Waals surface area (Å²) in [6.45, 7) is 0.215. The average Bonchev–Trinajstić information content (AvgIpc) is 3.45. The molecule has 0 aromatic heterocycles. The zero-order valence-electron chi connectivity index (χ0n) is 16.1. The van der Waals surface area contributed by atoms with Gasteiger partial charge in [0.25, 0.3) is 5.91 Å². The second-order valence-corrected chi connectivity index (χ2v) is 7.59. The third kappa shape index (κ3) is 3.16. The fourth-order valence-corrected chi connectivity index (χ4v) is 3.78. The standard InChI is InChI=1S/C24H19N2O4/c25-22(27)17-3-1-15(2-4-17)16-5-8-19(9-6-16)26-23(28)24(11-12-24)18-7-10-20-21(13-18)30-14-29-20/h1-10,13,25H,11-12,14H2,(H,26,28). The summed E-state index contributed by atoms with van der Waals surface area (Å²) in [6, 6.07) is 20.2. The number of carbonyl (C=O) groups is 2. The zero-order chi connectivity index (χ0) is 20.7. The molecule has 6 nitrogen and oxygen atoms in total. The number of benzene rings is 3. The monoisotopic (exact) mass is 399 g/mol. The van der Waals surface area contributed by atoms with Gasteiger partial charge in [0.2, 0.25) is 12.7 Å². The number of nitrogens with one attached hydrogen (secondary N) is 2. The molecule has 0 saturated heterocycles. The van der Waals surface area contributed by atoms with Crippen LogP contribution in [0.2, 0.25) is 0 Å². The Kier molecular flexibility index (Phi) is 4.20. The lowest BCUT2D eigenvalue weighted by Crippen LogP contribution is -2.27. The molecule has 30 heavy (non-hydrogen) atoms. The summed E-state index contributed by atoms with van der Waals surface area (Å²) in [5.74, 6) is 0.684. The number of amides is 2. The SMILES string of the molecule is [NH]C(=O)c1ccc(-c2ccc(NC(=O)C3(c4ccc5c(c4)OCO5)CC3)cc2)cc1. The highest BCUT2D eigenvalue weighted by Crippen LogP contribution is 2.51. The first-order valence-electron chi connectivity index (χ1n) is 9.73. The fourth-order valence-electron chi connectivity index (χ4n) is 3.78. The Morgan fingerprint density at radius 3 is 2.10 bits per heavy atom. The molecule has 2 amide bonds. The maximum atomic E-state index is 13.0. The van der Waals surface area contributed by atoms with Crippen LogP contribution in [-0.2, 0) is 10.2 Å². The van der Waals surface area contributed by atoms with E-state index in [9.17, 15) is 9.59 Å². The molecule has 149 valence electrons. The predicted molar refractivity (Wildman–Crippen MR) is 111 cm³/mol. The molecule has 0 spiro atoms. The predicted octanol–water partition coefficient (Wildman–Crippen LogP) is 4.18. The van der Waals surface area contributed by atoms with Gasteiger partial charge in [0, 0.05) is 11.3 Å². The van der Waals surface area contributed by atoms with Gasteiger partial charge in [0.1, 0.15) is 0 Å². The normalized spacial score (nSPS) is 15.5. The Morgan fingerprint density at radius 1 is 0.833 bits per heavy atom. The minimum absolute atomic E-state index is 0.0209. The molecule has 1 heterocycles. The van der Waals surface area contributed by atoms with Crippen molar-refractivity contribution in [3.05, 3.63) is 77.9 Å². The zero-order valence-corrected chi connectivity index (χ0v) is 16.1. The number of rotatable bonds is 5. The van der Waals surface area contributed by atoms with E-state index in [-0.39, 0.29) is 12.7 Å². The average molecular weight is 399 g/mol. The third-order valence-electron chi connectivity index (χ3n) is 5.73. The number of carbonyl (C=O) groups excluding carboxylic acids is 2. The van der Waals surface area contributed by atoms with Gasteiger partial charge in [-0.3, -0.25) is 15.3 Å². The summed E-state index contributed by atoms with van der Waals surface area (Å²) in [5, 5.41) is 3.03.